The van der Waals surface area contributed by atoms with Crippen LogP contribution in [0.25, 0.3) is 22.4 Å². The first-order valence-corrected chi connectivity index (χ1v) is 13.1. The zero-order chi connectivity index (χ0) is 28.5. The predicted octanol–water partition coefficient (Wildman–Crippen LogP) is 5.91. The van der Waals surface area contributed by atoms with Gasteiger partial charge in [-0.05, 0) is 67.4 Å². The van der Waals surface area contributed by atoms with Crippen molar-refractivity contribution in [2.45, 2.75) is 26.7 Å². The third kappa shape index (κ3) is 7.11. The van der Waals surface area contributed by atoms with Crippen LogP contribution in [-0.2, 0) is 4.79 Å². The van der Waals surface area contributed by atoms with E-state index in [1.807, 2.05) is 50.2 Å². The van der Waals surface area contributed by atoms with Crippen molar-refractivity contribution < 1.29 is 23.9 Å². The maximum absolute atomic E-state index is 12.9. The number of Topliss-reactive ketones (excluding diaryl/α,β-unsaturated/α-hetero) is 1. The normalized spacial score (nSPS) is 10.6. The number of hydrogen-bond donors (Lipinski definition) is 2. The minimum atomic E-state index is -0.506. The zero-order valence-electron chi connectivity index (χ0n) is 22.5. The van der Waals surface area contributed by atoms with Crippen LogP contribution in [0.4, 0.5) is 5.82 Å². The Labute approximate surface area is 233 Å². The molecule has 2 amide bonds. The molecule has 3 aromatic carbocycles. The molecule has 0 aliphatic carbocycles. The number of aromatic nitrogens is 1. The van der Waals surface area contributed by atoms with Crippen LogP contribution in [0.1, 0.15) is 47.4 Å². The van der Waals surface area contributed by atoms with Crippen LogP contribution in [0.2, 0.25) is 0 Å². The lowest BCUT2D eigenvalue weighted by Crippen LogP contribution is -2.15. The highest BCUT2D eigenvalue weighted by Gasteiger charge is 2.15. The van der Waals surface area contributed by atoms with E-state index in [0.29, 0.717) is 47.4 Å². The molecule has 1 heterocycles. The van der Waals surface area contributed by atoms with E-state index in [1.165, 1.54) is 0 Å². The molecule has 0 saturated heterocycles. The van der Waals surface area contributed by atoms with Crippen molar-refractivity contribution in [1.29, 1.82) is 0 Å². The molecule has 0 aliphatic heterocycles. The van der Waals surface area contributed by atoms with Gasteiger partial charge >= 0.3 is 0 Å². The van der Waals surface area contributed by atoms with Crippen LogP contribution >= 0.6 is 0 Å². The second kappa shape index (κ2) is 13.2. The largest absolute Gasteiger partial charge is 0.490 e. The Hall–Kier alpha value is -4.98. The number of ketones is 1. The van der Waals surface area contributed by atoms with Gasteiger partial charge in [0.15, 0.2) is 17.3 Å². The van der Waals surface area contributed by atoms with Gasteiger partial charge in [0.05, 0.1) is 18.9 Å². The molecule has 0 bridgehead atoms. The third-order valence-electron chi connectivity index (χ3n) is 6.11. The number of nitrogens with two attached hydrogens (primary N) is 1. The fourth-order valence-corrected chi connectivity index (χ4v) is 4.15. The summed E-state index contributed by atoms with van der Waals surface area (Å²) in [7, 11) is 0. The smallest absolute Gasteiger partial charge is 0.248 e. The van der Waals surface area contributed by atoms with Crippen LogP contribution in [0, 0.1) is 0 Å². The lowest BCUT2D eigenvalue weighted by Gasteiger charge is -2.12. The number of nitrogens with one attached hydrogen (secondary N) is 1. The fourth-order valence-electron chi connectivity index (χ4n) is 4.15. The van der Waals surface area contributed by atoms with E-state index in [-0.39, 0.29) is 24.5 Å². The highest BCUT2D eigenvalue weighted by Crippen LogP contribution is 2.30. The van der Waals surface area contributed by atoms with Gasteiger partial charge in [0.25, 0.3) is 0 Å². The van der Waals surface area contributed by atoms with Gasteiger partial charge in [0.1, 0.15) is 5.82 Å². The number of pyridine rings is 1. The zero-order valence-corrected chi connectivity index (χ0v) is 22.5. The van der Waals surface area contributed by atoms with Crippen molar-refractivity contribution >= 4 is 23.4 Å². The second-order valence-corrected chi connectivity index (χ2v) is 8.93. The molecule has 4 rings (SSSR count). The number of primary amides is 1. The molecule has 0 radical (unpaired) electrons. The van der Waals surface area contributed by atoms with Crippen LogP contribution in [0.3, 0.4) is 0 Å². The first kappa shape index (κ1) is 28.0. The Bertz CT molecular complexity index is 1500. The SMILES string of the molecule is CCOc1ccc(C(=O)CCC(=O)Nc2cc(-c3ccc(C(N)=O)cc3)cc(-c3ccccc3)n2)cc1OCC. The molecule has 0 atom stereocenters. The second-order valence-electron chi connectivity index (χ2n) is 8.93. The molecule has 8 heteroatoms. The Balaban J connectivity index is 1.51. The summed E-state index contributed by atoms with van der Waals surface area (Å²) in [6.07, 6.45) is 0.00108. The van der Waals surface area contributed by atoms with Crippen molar-refractivity contribution in [3.8, 4) is 33.9 Å². The van der Waals surface area contributed by atoms with Crippen molar-refractivity contribution in [2.75, 3.05) is 18.5 Å². The van der Waals surface area contributed by atoms with E-state index in [4.69, 9.17) is 15.2 Å². The number of hydrogen-bond acceptors (Lipinski definition) is 6. The molecule has 1 aromatic heterocycles. The number of benzene rings is 3. The third-order valence-corrected chi connectivity index (χ3v) is 6.11. The summed E-state index contributed by atoms with van der Waals surface area (Å²) >= 11 is 0. The number of nitrogens with zero attached hydrogens (tertiary/aromatic N) is 1. The van der Waals surface area contributed by atoms with Crippen molar-refractivity contribution in [3.05, 3.63) is 96.1 Å². The Morgan fingerprint density at radius 3 is 2.08 bits per heavy atom. The number of carbonyl (C=O) groups is 3. The Morgan fingerprint density at radius 1 is 0.725 bits per heavy atom. The predicted molar refractivity (Wildman–Crippen MR) is 155 cm³/mol. The highest BCUT2D eigenvalue weighted by molar-refractivity contribution is 6.00. The first-order valence-electron chi connectivity index (χ1n) is 13.1. The standard InChI is InChI=1S/C32H31N3O5/c1-3-39-28-16-14-24(19-29(28)40-4-2)27(36)15-17-31(37)35-30-20-25(21-10-12-23(13-11-21)32(33)38)18-26(34-30)22-8-6-5-7-9-22/h5-14,16,18-20H,3-4,15,17H2,1-2H3,(H2,33,38)(H,34,35,37). The van der Waals surface area contributed by atoms with Crippen LogP contribution in [-0.4, -0.2) is 35.8 Å². The van der Waals surface area contributed by atoms with Crippen LogP contribution < -0.4 is 20.5 Å². The fraction of sp³-hybridized carbons (Fsp3) is 0.188. The van der Waals surface area contributed by atoms with Gasteiger partial charge in [-0.25, -0.2) is 4.98 Å². The van der Waals surface area contributed by atoms with Gasteiger partial charge in [0, 0.05) is 29.5 Å². The number of carbonyl (C=O) groups excluding carboxylic acids is 3. The number of rotatable bonds is 12. The number of amides is 2. The van der Waals surface area contributed by atoms with E-state index >= 15 is 0 Å². The molecule has 0 saturated carbocycles. The molecule has 204 valence electrons. The maximum atomic E-state index is 12.9. The maximum Gasteiger partial charge on any atom is 0.248 e. The van der Waals surface area contributed by atoms with Gasteiger partial charge in [0.2, 0.25) is 11.8 Å². The van der Waals surface area contributed by atoms with Crippen molar-refractivity contribution in [3.63, 3.8) is 0 Å². The average Bonchev–Trinajstić information content (AvgIpc) is 2.97. The van der Waals surface area contributed by atoms with E-state index in [0.717, 1.165) is 16.7 Å². The molecular formula is C32H31N3O5. The number of ether oxygens (including phenoxy) is 2. The molecule has 0 fully saturated rings. The Morgan fingerprint density at radius 2 is 1.40 bits per heavy atom. The van der Waals surface area contributed by atoms with Crippen LogP contribution in [0.15, 0.2) is 84.9 Å². The summed E-state index contributed by atoms with van der Waals surface area (Å²) in [4.78, 5) is 41.8. The van der Waals surface area contributed by atoms with E-state index in [1.54, 1.807) is 48.5 Å². The van der Waals surface area contributed by atoms with Crippen molar-refractivity contribution in [2.24, 2.45) is 5.73 Å². The van der Waals surface area contributed by atoms with Crippen molar-refractivity contribution in [1.82, 2.24) is 4.98 Å². The first-order chi connectivity index (χ1) is 19.4. The molecule has 0 unspecified atom stereocenters. The molecule has 0 spiro atoms. The quantitative estimate of drug-likeness (QED) is 0.217. The summed E-state index contributed by atoms with van der Waals surface area (Å²) in [5, 5.41) is 2.84. The minimum Gasteiger partial charge on any atom is -0.490 e. The lowest BCUT2D eigenvalue weighted by atomic mass is 10.0. The average molecular weight is 538 g/mol. The van der Waals surface area contributed by atoms with Gasteiger partial charge < -0.3 is 20.5 Å². The molecule has 3 N–H and O–H groups in total. The lowest BCUT2D eigenvalue weighted by molar-refractivity contribution is -0.116. The number of anilines is 1. The van der Waals surface area contributed by atoms with Crippen LogP contribution in [0.5, 0.6) is 11.5 Å². The van der Waals surface area contributed by atoms with Gasteiger partial charge in [-0.15, -0.1) is 0 Å². The monoisotopic (exact) mass is 537 g/mol. The van der Waals surface area contributed by atoms with E-state index in [9.17, 15) is 14.4 Å². The topological polar surface area (TPSA) is 121 Å². The molecule has 8 nitrogen and oxygen atoms in total. The Kier molecular flexibility index (Phi) is 9.25. The minimum absolute atomic E-state index is 0.0180. The van der Waals surface area contributed by atoms with E-state index in [2.05, 4.69) is 10.3 Å². The van der Waals surface area contributed by atoms with Gasteiger partial charge in [-0.2, -0.15) is 0 Å². The summed E-state index contributed by atoms with van der Waals surface area (Å²) in [6.45, 7) is 4.65. The molecule has 4 aromatic rings. The van der Waals surface area contributed by atoms with Gasteiger partial charge in [-0.3, -0.25) is 14.4 Å². The molecule has 0 aliphatic rings. The summed E-state index contributed by atoms with van der Waals surface area (Å²) in [6, 6.07) is 25.2. The molecule has 40 heavy (non-hydrogen) atoms. The summed E-state index contributed by atoms with van der Waals surface area (Å²) in [5.74, 6) is 0.402. The summed E-state index contributed by atoms with van der Waals surface area (Å²) < 4.78 is 11.2. The summed E-state index contributed by atoms with van der Waals surface area (Å²) in [5.41, 5.74) is 9.40. The highest BCUT2D eigenvalue weighted by atomic mass is 16.5. The molecular weight excluding hydrogens is 506 g/mol. The van der Waals surface area contributed by atoms with E-state index < -0.39 is 5.91 Å². The van der Waals surface area contributed by atoms with Gasteiger partial charge in [-0.1, -0.05) is 42.5 Å².